The lowest BCUT2D eigenvalue weighted by Crippen LogP contribution is -2.46. The largest absolute Gasteiger partial charge is 0.493 e. The zero-order valence-electron chi connectivity index (χ0n) is 18.1. The smallest absolute Gasteiger partial charge is 0.264 e. The number of methoxy groups -OCH3 is 2. The number of fused-ring (bicyclic) bond motifs is 2. The van der Waals surface area contributed by atoms with Gasteiger partial charge in [-0.15, -0.1) is 0 Å². The second-order valence-electron chi connectivity index (χ2n) is 8.35. The lowest BCUT2D eigenvalue weighted by molar-refractivity contribution is -0.120. The van der Waals surface area contributed by atoms with Gasteiger partial charge in [-0.05, 0) is 67.5 Å². The number of nitrogens with one attached hydrogen (secondary N) is 1. The summed E-state index contributed by atoms with van der Waals surface area (Å²) in [6.07, 6.45) is 4.47. The van der Waals surface area contributed by atoms with Gasteiger partial charge in [0.15, 0.2) is 11.5 Å². The predicted molar refractivity (Wildman–Crippen MR) is 123 cm³/mol. The summed E-state index contributed by atoms with van der Waals surface area (Å²) in [4.78, 5) is 12.9. The number of rotatable bonds is 8. The maximum atomic E-state index is 13.6. The molecule has 0 aliphatic heterocycles. The van der Waals surface area contributed by atoms with Crippen LogP contribution in [0.1, 0.15) is 25.7 Å². The van der Waals surface area contributed by atoms with Crippen LogP contribution in [0.4, 0.5) is 5.69 Å². The Kier molecular flexibility index (Phi) is 6.53. The molecule has 2 fully saturated rings. The van der Waals surface area contributed by atoms with Crippen molar-refractivity contribution in [3.8, 4) is 11.5 Å². The van der Waals surface area contributed by atoms with Gasteiger partial charge in [-0.25, -0.2) is 8.42 Å². The van der Waals surface area contributed by atoms with Gasteiger partial charge in [0.25, 0.3) is 10.0 Å². The lowest BCUT2D eigenvalue weighted by Gasteiger charge is -2.27. The van der Waals surface area contributed by atoms with E-state index >= 15 is 0 Å². The molecule has 172 valence electrons. The van der Waals surface area contributed by atoms with E-state index in [9.17, 15) is 13.2 Å². The summed E-state index contributed by atoms with van der Waals surface area (Å²) < 4.78 is 38.8. The van der Waals surface area contributed by atoms with Crippen molar-refractivity contribution in [1.29, 1.82) is 0 Å². The van der Waals surface area contributed by atoms with Crippen molar-refractivity contribution in [2.24, 2.45) is 11.8 Å². The quantitative estimate of drug-likeness (QED) is 0.622. The molecule has 0 radical (unpaired) electrons. The summed E-state index contributed by atoms with van der Waals surface area (Å²) in [5.41, 5.74) is 0.354. The van der Waals surface area contributed by atoms with Crippen LogP contribution in [-0.2, 0) is 14.8 Å². The normalized spacial score (nSPS) is 21.9. The van der Waals surface area contributed by atoms with E-state index in [0.717, 1.165) is 23.6 Å². The molecule has 9 heteroatoms. The Labute approximate surface area is 193 Å². The number of hydrogen-bond donors (Lipinski definition) is 1. The minimum Gasteiger partial charge on any atom is -0.493 e. The molecule has 3 atom stereocenters. The summed E-state index contributed by atoms with van der Waals surface area (Å²) >= 11 is 6.00. The van der Waals surface area contributed by atoms with E-state index in [1.54, 1.807) is 24.3 Å². The number of carbonyl (C=O) groups is 1. The molecule has 0 heterocycles. The zero-order chi connectivity index (χ0) is 22.9. The SMILES string of the molecule is COc1ccc(S(=O)(=O)N(CC(=O)N[C@H]2C[C@H]3CC[C@H]2C3)c2ccc(Cl)cc2)cc1OC. The van der Waals surface area contributed by atoms with E-state index in [-0.39, 0.29) is 29.1 Å². The standard InChI is InChI=1S/C23H27ClN2O5S/c1-30-21-10-9-19(13-22(21)31-2)32(28,29)26(18-7-5-17(24)6-8-18)14-23(27)25-20-12-15-3-4-16(20)11-15/h5-10,13,15-16,20H,3-4,11-12,14H2,1-2H3,(H,25,27)/t15-,16-,20-/m0/s1. The first kappa shape index (κ1) is 22.7. The first-order valence-corrected chi connectivity index (χ1v) is 12.4. The molecular weight excluding hydrogens is 452 g/mol. The maximum Gasteiger partial charge on any atom is 0.264 e. The van der Waals surface area contributed by atoms with Gasteiger partial charge in [0.1, 0.15) is 6.54 Å². The van der Waals surface area contributed by atoms with Crippen LogP contribution in [0.2, 0.25) is 5.02 Å². The highest BCUT2D eigenvalue weighted by Crippen LogP contribution is 2.44. The summed E-state index contributed by atoms with van der Waals surface area (Å²) in [6.45, 7) is -0.327. The predicted octanol–water partition coefficient (Wildman–Crippen LogP) is 3.86. The topological polar surface area (TPSA) is 84.9 Å². The number of hydrogen-bond acceptors (Lipinski definition) is 5. The summed E-state index contributed by atoms with van der Waals surface area (Å²) in [7, 11) is -1.15. The fraction of sp³-hybridized carbons (Fsp3) is 0.435. The highest BCUT2D eigenvalue weighted by molar-refractivity contribution is 7.92. The molecule has 1 N–H and O–H groups in total. The van der Waals surface area contributed by atoms with Gasteiger partial charge >= 0.3 is 0 Å². The van der Waals surface area contributed by atoms with Gasteiger partial charge in [-0.1, -0.05) is 18.0 Å². The number of nitrogens with zero attached hydrogens (tertiary/aromatic N) is 1. The monoisotopic (exact) mass is 478 g/mol. The van der Waals surface area contributed by atoms with Crippen LogP contribution >= 0.6 is 11.6 Å². The molecule has 4 rings (SSSR count). The minimum absolute atomic E-state index is 0.00202. The fourth-order valence-corrected chi connectivity index (χ4v) is 6.39. The molecule has 0 unspecified atom stereocenters. The van der Waals surface area contributed by atoms with E-state index in [0.29, 0.717) is 28.3 Å². The molecule has 0 spiro atoms. The molecule has 0 aromatic heterocycles. The third-order valence-corrected chi connectivity index (χ3v) is 8.45. The summed E-state index contributed by atoms with van der Waals surface area (Å²) in [6, 6.07) is 10.9. The van der Waals surface area contributed by atoms with Crippen LogP contribution in [0.5, 0.6) is 11.5 Å². The van der Waals surface area contributed by atoms with Crippen molar-refractivity contribution < 1.29 is 22.7 Å². The highest BCUT2D eigenvalue weighted by Gasteiger charge is 2.40. The Morgan fingerprint density at radius 1 is 1.06 bits per heavy atom. The Hall–Kier alpha value is -2.45. The Bertz CT molecular complexity index is 1090. The van der Waals surface area contributed by atoms with Gasteiger partial charge in [0.2, 0.25) is 5.91 Å². The molecule has 1 amide bonds. The van der Waals surface area contributed by atoms with E-state index in [4.69, 9.17) is 21.1 Å². The van der Waals surface area contributed by atoms with Crippen LogP contribution in [0.25, 0.3) is 0 Å². The van der Waals surface area contributed by atoms with Crippen LogP contribution < -0.4 is 19.1 Å². The molecule has 32 heavy (non-hydrogen) atoms. The molecule has 2 bridgehead atoms. The van der Waals surface area contributed by atoms with E-state index < -0.39 is 10.0 Å². The van der Waals surface area contributed by atoms with Crippen LogP contribution in [0.3, 0.4) is 0 Å². The average Bonchev–Trinajstić information content (AvgIpc) is 3.41. The van der Waals surface area contributed by atoms with Crippen molar-refractivity contribution in [3.05, 3.63) is 47.5 Å². The molecule has 7 nitrogen and oxygen atoms in total. The molecule has 2 aliphatic rings. The van der Waals surface area contributed by atoms with Crippen molar-refractivity contribution in [2.45, 2.75) is 36.6 Å². The molecule has 0 saturated heterocycles. The maximum absolute atomic E-state index is 13.6. The van der Waals surface area contributed by atoms with Gasteiger partial charge in [0.05, 0.1) is 24.8 Å². The summed E-state index contributed by atoms with van der Waals surface area (Å²) in [5.74, 6) is 1.56. The first-order valence-electron chi connectivity index (χ1n) is 10.6. The molecule has 2 aromatic carbocycles. The number of halogens is 1. The molecule has 2 aliphatic carbocycles. The second-order valence-corrected chi connectivity index (χ2v) is 10.7. The number of anilines is 1. The fourth-order valence-electron chi connectivity index (χ4n) is 4.83. The second kappa shape index (κ2) is 9.19. The van der Waals surface area contributed by atoms with Gasteiger partial charge in [-0.2, -0.15) is 0 Å². The van der Waals surface area contributed by atoms with Gasteiger partial charge in [-0.3, -0.25) is 9.10 Å². The Morgan fingerprint density at radius 3 is 2.38 bits per heavy atom. The highest BCUT2D eigenvalue weighted by atomic mass is 35.5. The van der Waals surface area contributed by atoms with E-state index in [2.05, 4.69) is 5.32 Å². The summed E-state index contributed by atoms with van der Waals surface area (Å²) in [5, 5.41) is 3.55. The van der Waals surface area contributed by atoms with Crippen molar-refractivity contribution >= 4 is 33.2 Å². The van der Waals surface area contributed by atoms with Crippen LogP contribution in [-0.4, -0.2) is 41.1 Å². The Morgan fingerprint density at radius 2 is 1.78 bits per heavy atom. The van der Waals surface area contributed by atoms with Crippen molar-refractivity contribution in [2.75, 3.05) is 25.1 Å². The zero-order valence-corrected chi connectivity index (χ0v) is 19.7. The average molecular weight is 479 g/mol. The third-order valence-electron chi connectivity index (χ3n) is 6.43. The number of benzene rings is 2. The first-order chi connectivity index (χ1) is 15.3. The molecule has 2 aromatic rings. The molecular formula is C23H27ClN2O5S. The van der Waals surface area contributed by atoms with Crippen molar-refractivity contribution in [1.82, 2.24) is 5.32 Å². The van der Waals surface area contributed by atoms with Crippen LogP contribution in [0.15, 0.2) is 47.4 Å². The number of ether oxygens (including phenoxy) is 2. The van der Waals surface area contributed by atoms with E-state index in [1.165, 1.54) is 38.8 Å². The van der Waals surface area contributed by atoms with Crippen LogP contribution in [0, 0.1) is 11.8 Å². The number of amides is 1. The minimum atomic E-state index is -4.07. The van der Waals surface area contributed by atoms with E-state index in [1.807, 2.05) is 0 Å². The van der Waals surface area contributed by atoms with Gasteiger partial charge in [0, 0.05) is 17.1 Å². The molecule has 2 saturated carbocycles. The van der Waals surface area contributed by atoms with Gasteiger partial charge < -0.3 is 14.8 Å². The lowest BCUT2D eigenvalue weighted by atomic mass is 9.95. The number of sulfonamides is 1. The van der Waals surface area contributed by atoms with Crippen molar-refractivity contribution in [3.63, 3.8) is 0 Å². The number of carbonyl (C=O) groups excluding carboxylic acids is 1. The third kappa shape index (κ3) is 4.52. The Balaban J connectivity index is 1.63.